The molecule has 0 aliphatic carbocycles. The number of hydrogen-bond donors (Lipinski definition) is 1. The van der Waals surface area contributed by atoms with Gasteiger partial charge in [-0.15, -0.1) is 11.3 Å². The third-order valence-corrected chi connectivity index (χ3v) is 6.21. The molecule has 0 saturated carbocycles. The van der Waals surface area contributed by atoms with Gasteiger partial charge >= 0.3 is 0 Å². The highest BCUT2D eigenvalue weighted by Gasteiger charge is 2.32. The Balaban J connectivity index is 1.58. The van der Waals surface area contributed by atoms with Crippen molar-refractivity contribution in [3.05, 3.63) is 63.3 Å². The second-order valence-electron chi connectivity index (χ2n) is 6.92. The molecule has 10 heteroatoms. The van der Waals surface area contributed by atoms with Gasteiger partial charge in [-0.1, -0.05) is 16.8 Å². The van der Waals surface area contributed by atoms with Crippen molar-refractivity contribution in [3.8, 4) is 11.5 Å². The molecule has 3 aromatic rings. The van der Waals surface area contributed by atoms with Crippen molar-refractivity contribution in [3.63, 3.8) is 0 Å². The quantitative estimate of drug-likeness (QED) is 0.582. The van der Waals surface area contributed by atoms with E-state index in [1.807, 2.05) is 36.0 Å². The Morgan fingerprint density at radius 3 is 2.61 bits per heavy atom. The smallest absolute Gasteiger partial charge is 0.265 e. The van der Waals surface area contributed by atoms with Crippen LogP contribution in [0.15, 0.2) is 47.9 Å². The SMILES string of the molecule is COc1cc(OC)cc(C(NC(=O)C2CC(c3ccc(Cl)s3)=NO2)c2nccn2C)c1. The number of thiophene rings is 1. The van der Waals surface area contributed by atoms with Gasteiger partial charge in [-0.25, -0.2) is 4.98 Å². The van der Waals surface area contributed by atoms with Gasteiger partial charge in [-0.3, -0.25) is 4.79 Å². The fraction of sp³-hybridized carbons (Fsp3) is 0.286. The van der Waals surface area contributed by atoms with Gasteiger partial charge in [0.15, 0.2) is 0 Å². The number of aryl methyl sites for hydroxylation is 1. The molecule has 162 valence electrons. The molecule has 0 fully saturated rings. The zero-order chi connectivity index (χ0) is 22.0. The maximum Gasteiger partial charge on any atom is 0.265 e. The zero-order valence-corrected chi connectivity index (χ0v) is 18.7. The molecule has 1 aliphatic heterocycles. The Morgan fingerprint density at radius 1 is 1.29 bits per heavy atom. The third-order valence-electron chi connectivity index (χ3n) is 4.93. The van der Waals surface area contributed by atoms with Gasteiger partial charge in [-0.2, -0.15) is 0 Å². The molecule has 1 amide bonds. The molecule has 2 atom stereocenters. The van der Waals surface area contributed by atoms with Crippen LogP contribution in [0.1, 0.15) is 28.7 Å². The number of amides is 1. The van der Waals surface area contributed by atoms with E-state index in [0.29, 0.717) is 33.8 Å². The van der Waals surface area contributed by atoms with Crippen LogP contribution in [0.4, 0.5) is 0 Å². The van der Waals surface area contributed by atoms with Crippen molar-refractivity contribution >= 4 is 34.6 Å². The predicted octanol–water partition coefficient (Wildman–Crippen LogP) is 3.55. The van der Waals surface area contributed by atoms with E-state index in [9.17, 15) is 4.79 Å². The second-order valence-corrected chi connectivity index (χ2v) is 8.64. The first-order valence-electron chi connectivity index (χ1n) is 9.47. The summed E-state index contributed by atoms with van der Waals surface area (Å²) < 4.78 is 13.3. The number of benzene rings is 1. The van der Waals surface area contributed by atoms with Crippen molar-refractivity contribution in [1.82, 2.24) is 14.9 Å². The van der Waals surface area contributed by atoms with E-state index in [2.05, 4.69) is 15.5 Å². The van der Waals surface area contributed by atoms with E-state index in [1.54, 1.807) is 32.5 Å². The Hall–Kier alpha value is -3.04. The van der Waals surface area contributed by atoms with Crippen LogP contribution >= 0.6 is 22.9 Å². The Bertz CT molecular complexity index is 1100. The molecule has 2 unspecified atom stereocenters. The lowest BCUT2D eigenvalue weighted by molar-refractivity contribution is -0.131. The van der Waals surface area contributed by atoms with Crippen LogP contribution in [-0.2, 0) is 16.7 Å². The summed E-state index contributed by atoms with van der Waals surface area (Å²) >= 11 is 7.41. The molecule has 3 heterocycles. The molecule has 31 heavy (non-hydrogen) atoms. The maximum absolute atomic E-state index is 13.1. The molecular formula is C21H21ClN4O4S. The highest BCUT2D eigenvalue weighted by molar-refractivity contribution is 7.18. The van der Waals surface area contributed by atoms with Crippen LogP contribution in [0.5, 0.6) is 11.5 Å². The number of hydrogen-bond acceptors (Lipinski definition) is 7. The van der Waals surface area contributed by atoms with E-state index < -0.39 is 12.1 Å². The standard InChI is InChI=1S/C21H21ClN4O4S/c1-26-7-6-23-20(26)19(12-8-13(28-2)10-14(9-12)29-3)24-21(27)16-11-15(25-30-16)17-4-5-18(22)31-17/h4-10,16,19H,11H2,1-3H3,(H,24,27). The van der Waals surface area contributed by atoms with Gasteiger partial charge in [0.1, 0.15) is 29.1 Å². The number of imidazole rings is 1. The number of nitrogens with one attached hydrogen (secondary N) is 1. The Kier molecular flexibility index (Phi) is 6.15. The van der Waals surface area contributed by atoms with E-state index in [0.717, 1.165) is 10.4 Å². The Morgan fingerprint density at radius 2 is 2.03 bits per heavy atom. The monoisotopic (exact) mass is 460 g/mol. The summed E-state index contributed by atoms with van der Waals surface area (Å²) in [6.07, 6.45) is 3.11. The lowest BCUT2D eigenvalue weighted by Crippen LogP contribution is -2.38. The number of halogens is 1. The van der Waals surface area contributed by atoms with Crippen LogP contribution in [0.25, 0.3) is 0 Å². The molecule has 0 spiro atoms. The number of nitrogens with zero attached hydrogens (tertiary/aromatic N) is 3. The summed E-state index contributed by atoms with van der Waals surface area (Å²) in [5, 5.41) is 7.13. The molecule has 2 aromatic heterocycles. The Labute approximate surface area is 188 Å². The number of carbonyl (C=O) groups excluding carboxylic acids is 1. The van der Waals surface area contributed by atoms with E-state index in [1.165, 1.54) is 11.3 Å². The maximum atomic E-state index is 13.1. The second kappa shape index (κ2) is 8.99. The van der Waals surface area contributed by atoms with Gasteiger partial charge in [0, 0.05) is 31.9 Å². The highest BCUT2D eigenvalue weighted by atomic mass is 35.5. The molecule has 1 aliphatic rings. The minimum atomic E-state index is -0.744. The minimum absolute atomic E-state index is 0.295. The van der Waals surface area contributed by atoms with Gasteiger partial charge in [0.2, 0.25) is 6.10 Å². The zero-order valence-electron chi connectivity index (χ0n) is 17.2. The topological polar surface area (TPSA) is 87.0 Å². The summed E-state index contributed by atoms with van der Waals surface area (Å²) in [6, 6.07) is 8.58. The average Bonchev–Trinajstić information content (AvgIpc) is 3.52. The molecule has 8 nitrogen and oxygen atoms in total. The van der Waals surface area contributed by atoms with Crippen LogP contribution in [0.2, 0.25) is 4.34 Å². The van der Waals surface area contributed by atoms with Gasteiger partial charge < -0.3 is 24.2 Å². The fourth-order valence-corrected chi connectivity index (χ4v) is 4.35. The van der Waals surface area contributed by atoms with E-state index >= 15 is 0 Å². The van der Waals surface area contributed by atoms with Crippen molar-refractivity contribution in [2.45, 2.75) is 18.6 Å². The van der Waals surface area contributed by atoms with Gasteiger partial charge in [0.25, 0.3) is 5.91 Å². The van der Waals surface area contributed by atoms with Crippen LogP contribution in [0.3, 0.4) is 0 Å². The normalized spacial score (nSPS) is 16.4. The minimum Gasteiger partial charge on any atom is -0.497 e. The van der Waals surface area contributed by atoms with Crippen LogP contribution in [-0.4, -0.2) is 41.5 Å². The van der Waals surface area contributed by atoms with Crippen LogP contribution < -0.4 is 14.8 Å². The number of oxime groups is 1. The van der Waals surface area contributed by atoms with Crippen molar-refractivity contribution in [1.29, 1.82) is 0 Å². The van der Waals surface area contributed by atoms with Crippen LogP contribution in [0, 0.1) is 0 Å². The number of rotatable bonds is 7. The van der Waals surface area contributed by atoms with Crippen molar-refractivity contribution in [2.24, 2.45) is 12.2 Å². The number of methoxy groups -OCH3 is 2. The largest absolute Gasteiger partial charge is 0.497 e. The van der Waals surface area contributed by atoms with Gasteiger partial charge in [0.05, 0.1) is 23.4 Å². The molecular weight excluding hydrogens is 440 g/mol. The first kappa shape index (κ1) is 21.2. The summed E-state index contributed by atoms with van der Waals surface area (Å²) in [4.78, 5) is 23.8. The molecule has 0 radical (unpaired) electrons. The molecule has 1 N–H and O–H groups in total. The van der Waals surface area contributed by atoms with Crippen molar-refractivity contribution < 1.29 is 19.1 Å². The summed E-state index contributed by atoms with van der Waals surface area (Å²) in [7, 11) is 5.02. The lowest BCUT2D eigenvalue weighted by atomic mass is 10.0. The molecule has 0 saturated heterocycles. The summed E-state index contributed by atoms with van der Waals surface area (Å²) in [5.41, 5.74) is 1.47. The predicted molar refractivity (Wildman–Crippen MR) is 118 cm³/mol. The average molecular weight is 461 g/mol. The van der Waals surface area contributed by atoms with E-state index in [-0.39, 0.29) is 5.91 Å². The highest BCUT2D eigenvalue weighted by Crippen LogP contribution is 2.31. The first-order valence-corrected chi connectivity index (χ1v) is 10.7. The summed E-state index contributed by atoms with van der Waals surface area (Å²) in [5.74, 6) is 1.59. The molecule has 4 rings (SSSR count). The van der Waals surface area contributed by atoms with Gasteiger partial charge in [-0.05, 0) is 29.8 Å². The first-order chi connectivity index (χ1) is 15.0. The lowest BCUT2D eigenvalue weighted by Gasteiger charge is -2.21. The molecule has 0 bridgehead atoms. The molecule has 1 aromatic carbocycles. The van der Waals surface area contributed by atoms with E-state index in [4.69, 9.17) is 25.9 Å². The third kappa shape index (κ3) is 4.52. The number of ether oxygens (including phenoxy) is 2. The van der Waals surface area contributed by atoms with Crippen molar-refractivity contribution in [2.75, 3.05) is 14.2 Å². The fourth-order valence-electron chi connectivity index (χ4n) is 3.32. The number of aromatic nitrogens is 2. The number of carbonyl (C=O) groups is 1. The summed E-state index contributed by atoms with van der Waals surface area (Å²) in [6.45, 7) is 0.